The fourth-order valence-corrected chi connectivity index (χ4v) is 3.10. The highest BCUT2D eigenvalue weighted by molar-refractivity contribution is 5.92. The summed E-state index contributed by atoms with van der Waals surface area (Å²) in [6.07, 6.45) is 0.924. The smallest absolute Gasteiger partial charge is 0.238 e. The maximum absolute atomic E-state index is 12.1. The standard InChI is InChI=1S/C21H28N4O/c1-24-13-15-25(16-14-24)20-9-7-19(8-10-20)23-21(26)17-22-12-11-18-5-3-2-4-6-18/h2-10,22H,11-17H2,1H3,(H,23,26). The second-order valence-corrected chi connectivity index (χ2v) is 6.80. The first kappa shape index (κ1) is 18.4. The van der Waals surface area contributed by atoms with Crippen molar-refractivity contribution in [1.29, 1.82) is 0 Å². The quantitative estimate of drug-likeness (QED) is 0.750. The van der Waals surface area contributed by atoms with Crippen molar-refractivity contribution in [3.8, 4) is 0 Å². The van der Waals surface area contributed by atoms with Crippen molar-refractivity contribution >= 4 is 17.3 Å². The Bertz CT molecular complexity index is 679. The van der Waals surface area contributed by atoms with E-state index in [1.807, 2.05) is 30.3 Å². The van der Waals surface area contributed by atoms with Crippen molar-refractivity contribution in [3.05, 3.63) is 60.2 Å². The molecule has 1 saturated heterocycles. The summed E-state index contributed by atoms with van der Waals surface area (Å²) >= 11 is 0. The third-order valence-corrected chi connectivity index (χ3v) is 4.74. The first-order valence-electron chi connectivity index (χ1n) is 9.29. The van der Waals surface area contributed by atoms with Crippen molar-refractivity contribution in [2.75, 3.05) is 56.5 Å². The number of piperazine rings is 1. The molecule has 2 aromatic rings. The zero-order valence-corrected chi connectivity index (χ0v) is 15.4. The predicted octanol–water partition coefficient (Wildman–Crippen LogP) is 2.21. The molecular weight excluding hydrogens is 324 g/mol. The topological polar surface area (TPSA) is 47.6 Å². The van der Waals surface area contributed by atoms with Crippen LogP contribution in [0.15, 0.2) is 54.6 Å². The number of hydrogen-bond donors (Lipinski definition) is 2. The Morgan fingerprint density at radius 2 is 1.65 bits per heavy atom. The fraction of sp³-hybridized carbons (Fsp3) is 0.381. The molecule has 0 spiro atoms. The first-order valence-corrected chi connectivity index (χ1v) is 9.29. The average Bonchev–Trinajstić information content (AvgIpc) is 2.67. The van der Waals surface area contributed by atoms with Crippen LogP contribution in [0, 0.1) is 0 Å². The lowest BCUT2D eigenvalue weighted by atomic mass is 10.1. The van der Waals surface area contributed by atoms with Crippen LogP contribution in [-0.4, -0.2) is 57.1 Å². The maximum atomic E-state index is 12.1. The lowest BCUT2D eigenvalue weighted by molar-refractivity contribution is -0.115. The summed E-state index contributed by atoms with van der Waals surface area (Å²) in [6, 6.07) is 18.4. The van der Waals surface area contributed by atoms with E-state index in [2.05, 4.69) is 51.7 Å². The number of anilines is 2. The van der Waals surface area contributed by atoms with E-state index >= 15 is 0 Å². The molecule has 26 heavy (non-hydrogen) atoms. The molecule has 138 valence electrons. The van der Waals surface area contributed by atoms with Crippen molar-refractivity contribution in [2.24, 2.45) is 0 Å². The van der Waals surface area contributed by atoms with Gasteiger partial charge < -0.3 is 20.4 Å². The normalized spacial score (nSPS) is 15.0. The molecule has 0 unspecified atom stereocenters. The van der Waals surface area contributed by atoms with Crippen molar-refractivity contribution in [1.82, 2.24) is 10.2 Å². The van der Waals surface area contributed by atoms with Crippen molar-refractivity contribution in [3.63, 3.8) is 0 Å². The van der Waals surface area contributed by atoms with Gasteiger partial charge in [-0.2, -0.15) is 0 Å². The molecule has 2 aromatic carbocycles. The SMILES string of the molecule is CN1CCN(c2ccc(NC(=O)CNCCc3ccccc3)cc2)CC1. The van der Waals surface area contributed by atoms with Gasteiger partial charge in [0, 0.05) is 37.6 Å². The van der Waals surface area contributed by atoms with E-state index in [1.165, 1.54) is 11.3 Å². The number of nitrogens with one attached hydrogen (secondary N) is 2. The summed E-state index contributed by atoms with van der Waals surface area (Å²) in [5.74, 6) is -0.00888. The maximum Gasteiger partial charge on any atom is 0.238 e. The zero-order chi connectivity index (χ0) is 18.2. The van der Waals surface area contributed by atoms with Gasteiger partial charge in [0.2, 0.25) is 5.91 Å². The number of benzene rings is 2. The third kappa shape index (κ3) is 5.58. The molecule has 3 rings (SSSR count). The molecule has 1 heterocycles. The van der Waals surface area contributed by atoms with Crippen LogP contribution in [-0.2, 0) is 11.2 Å². The molecule has 1 aliphatic rings. The predicted molar refractivity (Wildman–Crippen MR) is 108 cm³/mol. The molecule has 5 nitrogen and oxygen atoms in total. The Labute approximate surface area is 156 Å². The van der Waals surface area contributed by atoms with Crippen molar-refractivity contribution in [2.45, 2.75) is 6.42 Å². The van der Waals surface area contributed by atoms with Gasteiger partial charge in [-0.15, -0.1) is 0 Å². The molecule has 1 aliphatic heterocycles. The minimum atomic E-state index is -0.00888. The zero-order valence-electron chi connectivity index (χ0n) is 15.4. The summed E-state index contributed by atoms with van der Waals surface area (Å²) in [6.45, 7) is 5.40. The Morgan fingerprint density at radius 1 is 0.962 bits per heavy atom. The van der Waals surface area contributed by atoms with E-state index in [0.29, 0.717) is 6.54 Å². The van der Waals surface area contributed by atoms with E-state index in [4.69, 9.17) is 0 Å². The number of rotatable bonds is 7. The minimum absolute atomic E-state index is 0.00888. The van der Waals surface area contributed by atoms with Crippen LogP contribution < -0.4 is 15.5 Å². The van der Waals surface area contributed by atoms with Gasteiger partial charge in [0.1, 0.15) is 0 Å². The summed E-state index contributed by atoms with van der Waals surface area (Å²) in [5.41, 5.74) is 3.34. The van der Waals surface area contributed by atoms with Crippen LogP contribution in [0.25, 0.3) is 0 Å². The molecule has 0 saturated carbocycles. The largest absolute Gasteiger partial charge is 0.369 e. The van der Waals surface area contributed by atoms with Crippen LogP contribution in [0.4, 0.5) is 11.4 Å². The lowest BCUT2D eigenvalue weighted by Crippen LogP contribution is -2.44. The molecule has 0 aromatic heterocycles. The van der Waals surface area contributed by atoms with Gasteiger partial charge in [0.25, 0.3) is 0 Å². The van der Waals surface area contributed by atoms with Crippen LogP contribution in [0.3, 0.4) is 0 Å². The molecule has 0 atom stereocenters. The summed E-state index contributed by atoms with van der Waals surface area (Å²) in [5, 5.41) is 6.15. The highest BCUT2D eigenvalue weighted by Crippen LogP contribution is 2.19. The second kappa shape index (κ2) is 9.36. The van der Waals surface area contributed by atoms with Crippen LogP contribution in [0.1, 0.15) is 5.56 Å². The van der Waals surface area contributed by atoms with E-state index in [-0.39, 0.29) is 5.91 Å². The number of nitrogens with zero attached hydrogens (tertiary/aromatic N) is 2. The Hall–Kier alpha value is -2.37. The summed E-state index contributed by atoms with van der Waals surface area (Å²) in [4.78, 5) is 16.8. The Kier molecular flexibility index (Phi) is 6.63. The summed E-state index contributed by atoms with van der Waals surface area (Å²) in [7, 11) is 2.16. The number of carbonyl (C=O) groups is 1. The molecule has 2 N–H and O–H groups in total. The monoisotopic (exact) mass is 352 g/mol. The van der Waals surface area contributed by atoms with Crippen molar-refractivity contribution < 1.29 is 4.79 Å². The fourth-order valence-electron chi connectivity index (χ4n) is 3.10. The molecule has 5 heteroatoms. The number of carbonyl (C=O) groups excluding carboxylic acids is 1. The van der Waals surface area contributed by atoms with Gasteiger partial charge in [0.15, 0.2) is 0 Å². The van der Waals surface area contributed by atoms with Gasteiger partial charge >= 0.3 is 0 Å². The van der Waals surface area contributed by atoms with E-state index < -0.39 is 0 Å². The minimum Gasteiger partial charge on any atom is -0.369 e. The van der Waals surface area contributed by atoms with Gasteiger partial charge in [-0.3, -0.25) is 4.79 Å². The Morgan fingerprint density at radius 3 is 2.35 bits per heavy atom. The van der Waals surface area contributed by atoms with Gasteiger partial charge in [-0.1, -0.05) is 30.3 Å². The first-order chi connectivity index (χ1) is 12.7. The van der Waals surface area contributed by atoms with Gasteiger partial charge in [-0.05, 0) is 49.8 Å². The molecule has 0 bridgehead atoms. The van der Waals surface area contributed by atoms with Crippen LogP contribution >= 0.6 is 0 Å². The third-order valence-electron chi connectivity index (χ3n) is 4.74. The van der Waals surface area contributed by atoms with E-state index in [9.17, 15) is 4.79 Å². The molecule has 0 radical (unpaired) electrons. The number of hydrogen-bond acceptors (Lipinski definition) is 4. The summed E-state index contributed by atoms with van der Waals surface area (Å²) < 4.78 is 0. The lowest BCUT2D eigenvalue weighted by Gasteiger charge is -2.34. The molecule has 0 aliphatic carbocycles. The Balaban J connectivity index is 1.38. The van der Waals surface area contributed by atoms with Gasteiger partial charge in [-0.25, -0.2) is 0 Å². The van der Waals surface area contributed by atoms with Crippen LogP contribution in [0.5, 0.6) is 0 Å². The highest BCUT2D eigenvalue weighted by atomic mass is 16.1. The number of likely N-dealkylation sites (N-methyl/N-ethyl adjacent to an activating group) is 1. The van der Waals surface area contributed by atoms with Crippen LogP contribution in [0.2, 0.25) is 0 Å². The number of amides is 1. The van der Waals surface area contributed by atoms with E-state index in [1.54, 1.807) is 0 Å². The van der Waals surface area contributed by atoms with Gasteiger partial charge in [0.05, 0.1) is 6.54 Å². The molecule has 1 fully saturated rings. The highest BCUT2D eigenvalue weighted by Gasteiger charge is 2.14. The average molecular weight is 352 g/mol. The molecule has 1 amide bonds. The van der Waals surface area contributed by atoms with E-state index in [0.717, 1.165) is 44.8 Å². The molecular formula is C21H28N4O. The second-order valence-electron chi connectivity index (χ2n) is 6.80.